The summed E-state index contributed by atoms with van der Waals surface area (Å²) in [6, 6.07) is 4.29. The molecule has 1 amide bonds. The van der Waals surface area contributed by atoms with Crippen LogP contribution in [0.3, 0.4) is 0 Å². The van der Waals surface area contributed by atoms with Gasteiger partial charge in [0.05, 0.1) is 28.8 Å². The van der Waals surface area contributed by atoms with Gasteiger partial charge in [-0.1, -0.05) is 11.6 Å². The van der Waals surface area contributed by atoms with Crippen LogP contribution < -0.4 is 10.0 Å². The fourth-order valence-corrected chi connectivity index (χ4v) is 2.73. The molecule has 0 aliphatic heterocycles. The van der Waals surface area contributed by atoms with Crippen molar-refractivity contribution in [2.24, 2.45) is 11.8 Å². The van der Waals surface area contributed by atoms with Crippen LogP contribution in [0.4, 0.5) is 11.4 Å². The summed E-state index contributed by atoms with van der Waals surface area (Å²) in [4.78, 5) is 22.5. The maximum atomic E-state index is 11.8. The lowest BCUT2D eigenvalue weighted by atomic mass is 10.2. The lowest BCUT2D eigenvalue weighted by molar-refractivity contribution is -0.139. The predicted octanol–water partition coefficient (Wildman–Crippen LogP) is 1.37. The van der Waals surface area contributed by atoms with E-state index in [1.54, 1.807) is 0 Å². The molecule has 7 nitrogen and oxygen atoms in total. The first-order valence-corrected chi connectivity index (χ1v) is 8.25. The lowest BCUT2D eigenvalue weighted by Crippen LogP contribution is -2.17. The quantitative estimate of drug-likeness (QED) is 0.753. The van der Waals surface area contributed by atoms with Crippen LogP contribution in [0.25, 0.3) is 0 Å². The van der Waals surface area contributed by atoms with Crippen LogP contribution in [0, 0.1) is 11.8 Å². The van der Waals surface area contributed by atoms with Crippen molar-refractivity contribution in [3.8, 4) is 0 Å². The molecule has 1 aliphatic carbocycles. The average Bonchev–Trinajstić information content (AvgIpc) is 3.11. The molecule has 0 bridgehead atoms. The van der Waals surface area contributed by atoms with Gasteiger partial charge in [0.25, 0.3) is 0 Å². The molecule has 0 radical (unpaired) electrons. The number of carboxylic acids is 1. The number of carbonyl (C=O) groups excluding carboxylic acids is 1. The van der Waals surface area contributed by atoms with Crippen molar-refractivity contribution in [1.82, 2.24) is 0 Å². The first kappa shape index (κ1) is 15.6. The Morgan fingerprint density at radius 2 is 2.00 bits per heavy atom. The number of amides is 1. The Bertz CT molecular complexity index is 704. The summed E-state index contributed by atoms with van der Waals surface area (Å²) >= 11 is 5.92. The molecule has 1 aromatic rings. The summed E-state index contributed by atoms with van der Waals surface area (Å²) in [6.45, 7) is 0. The second-order valence-electron chi connectivity index (χ2n) is 4.85. The number of hydrogen-bond acceptors (Lipinski definition) is 4. The van der Waals surface area contributed by atoms with Gasteiger partial charge in [-0.2, -0.15) is 0 Å². The van der Waals surface area contributed by atoms with Gasteiger partial charge in [-0.15, -0.1) is 0 Å². The molecule has 21 heavy (non-hydrogen) atoms. The number of carboxylic acid groups (broad SMARTS) is 1. The van der Waals surface area contributed by atoms with E-state index in [4.69, 9.17) is 16.7 Å². The monoisotopic (exact) mass is 332 g/mol. The molecular weight excluding hydrogens is 320 g/mol. The largest absolute Gasteiger partial charge is 0.481 e. The summed E-state index contributed by atoms with van der Waals surface area (Å²) in [7, 11) is -3.44. The van der Waals surface area contributed by atoms with Crippen LogP contribution in [-0.4, -0.2) is 31.7 Å². The van der Waals surface area contributed by atoms with Gasteiger partial charge < -0.3 is 10.4 Å². The van der Waals surface area contributed by atoms with Crippen LogP contribution >= 0.6 is 11.6 Å². The fraction of sp³-hybridized carbons (Fsp3) is 0.333. The second kappa shape index (κ2) is 5.53. The van der Waals surface area contributed by atoms with Crippen molar-refractivity contribution in [1.29, 1.82) is 0 Å². The Balaban J connectivity index is 2.04. The van der Waals surface area contributed by atoms with Crippen molar-refractivity contribution in [2.45, 2.75) is 6.42 Å². The fourth-order valence-electron chi connectivity index (χ4n) is 1.87. The number of nitrogens with one attached hydrogen (secondary N) is 2. The molecule has 0 saturated heterocycles. The Morgan fingerprint density at radius 1 is 1.33 bits per heavy atom. The van der Waals surface area contributed by atoms with Gasteiger partial charge >= 0.3 is 5.97 Å². The Hall–Kier alpha value is -1.80. The minimum Gasteiger partial charge on any atom is -0.481 e. The van der Waals surface area contributed by atoms with Crippen LogP contribution in [0.5, 0.6) is 0 Å². The number of benzene rings is 1. The SMILES string of the molecule is CS(=O)(=O)Nc1ccc(NC(=O)[C@@H]2C[C@@H]2C(=O)O)cc1Cl. The number of halogens is 1. The number of carbonyl (C=O) groups is 2. The molecule has 0 heterocycles. The molecule has 114 valence electrons. The van der Waals surface area contributed by atoms with Crippen LogP contribution in [0.15, 0.2) is 18.2 Å². The van der Waals surface area contributed by atoms with Crippen LogP contribution in [0.2, 0.25) is 5.02 Å². The zero-order valence-electron chi connectivity index (χ0n) is 11.0. The number of rotatable bonds is 5. The van der Waals surface area contributed by atoms with Crippen molar-refractivity contribution in [3.63, 3.8) is 0 Å². The van der Waals surface area contributed by atoms with Gasteiger partial charge in [-0.3, -0.25) is 14.3 Å². The Kier molecular flexibility index (Phi) is 4.11. The van der Waals surface area contributed by atoms with Crippen molar-refractivity contribution in [3.05, 3.63) is 23.2 Å². The topological polar surface area (TPSA) is 113 Å². The van der Waals surface area contributed by atoms with E-state index in [0.29, 0.717) is 12.1 Å². The van der Waals surface area contributed by atoms with E-state index in [0.717, 1.165) is 6.26 Å². The molecule has 1 fully saturated rings. The van der Waals surface area contributed by atoms with Gasteiger partial charge in [0.2, 0.25) is 15.9 Å². The van der Waals surface area contributed by atoms with E-state index in [9.17, 15) is 18.0 Å². The molecule has 2 rings (SSSR count). The maximum Gasteiger partial charge on any atom is 0.307 e. The molecule has 2 atom stereocenters. The zero-order chi connectivity index (χ0) is 15.8. The highest BCUT2D eigenvalue weighted by Gasteiger charge is 2.48. The molecule has 1 saturated carbocycles. The summed E-state index contributed by atoms with van der Waals surface area (Å²) in [6.07, 6.45) is 1.32. The van der Waals surface area contributed by atoms with Gasteiger partial charge in [0, 0.05) is 5.69 Å². The molecule has 0 aromatic heterocycles. The van der Waals surface area contributed by atoms with Gasteiger partial charge in [-0.25, -0.2) is 8.42 Å². The third-order valence-electron chi connectivity index (χ3n) is 2.98. The van der Waals surface area contributed by atoms with E-state index in [1.165, 1.54) is 18.2 Å². The number of anilines is 2. The third kappa shape index (κ3) is 4.08. The first-order chi connectivity index (χ1) is 9.67. The lowest BCUT2D eigenvalue weighted by Gasteiger charge is -2.09. The Labute approximate surface area is 126 Å². The van der Waals surface area contributed by atoms with Crippen LogP contribution in [-0.2, 0) is 19.6 Å². The molecule has 1 aliphatic rings. The van der Waals surface area contributed by atoms with E-state index in [2.05, 4.69) is 10.0 Å². The van der Waals surface area contributed by atoms with Crippen molar-refractivity contribution in [2.75, 3.05) is 16.3 Å². The van der Waals surface area contributed by atoms with Gasteiger partial charge in [0.1, 0.15) is 0 Å². The predicted molar refractivity (Wildman–Crippen MR) is 77.8 cm³/mol. The summed E-state index contributed by atoms with van der Waals surface area (Å²) in [5.41, 5.74) is 0.576. The molecule has 3 N–H and O–H groups in total. The minimum absolute atomic E-state index is 0.129. The number of aliphatic carboxylic acids is 1. The van der Waals surface area contributed by atoms with Crippen molar-refractivity contribution < 1.29 is 23.1 Å². The number of hydrogen-bond donors (Lipinski definition) is 3. The van der Waals surface area contributed by atoms with E-state index in [-0.39, 0.29) is 16.6 Å². The molecule has 9 heteroatoms. The van der Waals surface area contributed by atoms with Gasteiger partial charge in [0.15, 0.2) is 0 Å². The maximum absolute atomic E-state index is 11.8. The highest BCUT2D eigenvalue weighted by atomic mass is 35.5. The van der Waals surface area contributed by atoms with E-state index < -0.39 is 27.8 Å². The molecule has 1 aromatic carbocycles. The molecule has 0 spiro atoms. The number of sulfonamides is 1. The standard InChI is InChI=1S/C12H13ClN2O5S/c1-21(19,20)15-10-3-2-6(4-9(10)13)14-11(16)7-5-8(7)12(17)18/h2-4,7-8,15H,5H2,1H3,(H,14,16)(H,17,18)/t7-,8+/m1/s1. The molecule has 0 unspecified atom stereocenters. The highest BCUT2D eigenvalue weighted by Crippen LogP contribution is 2.39. The summed E-state index contributed by atoms with van der Waals surface area (Å²) in [5.74, 6) is -2.54. The summed E-state index contributed by atoms with van der Waals surface area (Å²) < 4.78 is 24.5. The average molecular weight is 333 g/mol. The van der Waals surface area contributed by atoms with Crippen molar-refractivity contribution >= 4 is 44.9 Å². The van der Waals surface area contributed by atoms with E-state index in [1.807, 2.05) is 0 Å². The van der Waals surface area contributed by atoms with Gasteiger partial charge in [-0.05, 0) is 24.6 Å². The minimum atomic E-state index is -3.44. The third-order valence-corrected chi connectivity index (χ3v) is 3.88. The Morgan fingerprint density at radius 3 is 2.48 bits per heavy atom. The summed E-state index contributed by atoms with van der Waals surface area (Å²) in [5, 5.41) is 11.4. The normalized spacial score (nSPS) is 20.7. The highest BCUT2D eigenvalue weighted by molar-refractivity contribution is 7.92. The smallest absolute Gasteiger partial charge is 0.307 e. The zero-order valence-corrected chi connectivity index (χ0v) is 12.5. The second-order valence-corrected chi connectivity index (χ2v) is 7.00. The first-order valence-electron chi connectivity index (χ1n) is 5.98. The van der Waals surface area contributed by atoms with E-state index >= 15 is 0 Å². The van der Waals surface area contributed by atoms with Crippen LogP contribution in [0.1, 0.15) is 6.42 Å². The molecular formula is C12H13ClN2O5S.